The van der Waals surface area contributed by atoms with Crippen LogP contribution in [0.1, 0.15) is 12.0 Å². The van der Waals surface area contributed by atoms with Crippen LogP contribution in [0.3, 0.4) is 0 Å². The maximum atomic E-state index is 12.7. The van der Waals surface area contributed by atoms with Gasteiger partial charge in [0.1, 0.15) is 17.2 Å². The first-order chi connectivity index (χ1) is 15.0. The van der Waals surface area contributed by atoms with Crippen LogP contribution in [0, 0.1) is 12.8 Å². The lowest BCUT2D eigenvalue weighted by atomic mass is 10.1. The average molecular weight is 416 g/mol. The Bertz CT molecular complexity index is 1080. The maximum Gasteiger partial charge on any atom is 0.229 e. The molecule has 0 aromatic heterocycles. The third kappa shape index (κ3) is 4.86. The number of hydrogen-bond acceptors (Lipinski definition) is 4. The van der Waals surface area contributed by atoms with Crippen LogP contribution in [0.2, 0.25) is 0 Å². The van der Waals surface area contributed by atoms with E-state index in [1.807, 2.05) is 49.4 Å². The number of nitrogens with zero attached hydrogens (tertiary/aromatic N) is 1. The standard InChI is InChI=1S/C25H24N2O4/c1-17-6-10-21(11-7-17)31-22-12-8-19(9-13-22)26-25(29)18-14-24(28)27(16-18)20-4-3-5-23(15-20)30-2/h3-13,15,18H,14,16H2,1-2H3,(H,26,29)/t18-/m0/s1. The molecular weight excluding hydrogens is 392 g/mol. The Kier molecular flexibility index (Phi) is 5.89. The van der Waals surface area contributed by atoms with Crippen molar-refractivity contribution in [3.8, 4) is 17.2 Å². The fourth-order valence-electron chi connectivity index (χ4n) is 3.50. The first-order valence-electron chi connectivity index (χ1n) is 10.1. The van der Waals surface area contributed by atoms with Crippen LogP contribution >= 0.6 is 0 Å². The Morgan fingerprint density at radius 3 is 2.32 bits per heavy atom. The molecule has 2 amide bonds. The van der Waals surface area contributed by atoms with Crippen molar-refractivity contribution in [2.75, 3.05) is 23.9 Å². The van der Waals surface area contributed by atoms with Gasteiger partial charge in [0, 0.05) is 30.4 Å². The summed E-state index contributed by atoms with van der Waals surface area (Å²) >= 11 is 0. The molecular formula is C25H24N2O4. The van der Waals surface area contributed by atoms with E-state index in [1.165, 1.54) is 5.56 Å². The highest BCUT2D eigenvalue weighted by Gasteiger charge is 2.35. The van der Waals surface area contributed by atoms with Crippen LogP contribution in [0.25, 0.3) is 0 Å². The lowest BCUT2D eigenvalue weighted by molar-refractivity contribution is -0.122. The number of methoxy groups -OCH3 is 1. The van der Waals surface area contributed by atoms with E-state index in [4.69, 9.17) is 9.47 Å². The smallest absolute Gasteiger partial charge is 0.229 e. The van der Waals surface area contributed by atoms with E-state index in [-0.39, 0.29) is 18.2 Å². The van der Waals surface area contributed by atoms with E-state index in [1.54, 1.807) is 42.3 Å². The zero-order valence-electron chi connectivity index (χ0n) is 17.5. The summed E-state index contributed by atoms with van der Waals surface area (Å²) in [6.45, 7) is 2.36. The molecule has 1 aliphatic rings. The number of carbonyl (C=O) groups is 2. The quantitative estimate of drug-likeness (QED) is 0.628. The van der Waals surface area contributed by atoms with Gasteiger partial charge in [-0.3, -0.25) is 9.59 Å². The topological polar surface area (TPSA) is 67.9 Å². The normalized spacial score (nSPS) is 15.6. The minimum atomic E-state index is -0.415. The molecule has 6 nitrogen and oxygen atoms in total. The Labute approximate surface area is 181 Å². The SMILES string of the molecule is COc1cccc(N2C[C@@H](C(=O)Nc3ccc(Oc4ccc(C)cc4)cc3)CC2=O)c1. The second kappa shape index (κ2) is 8.92. The zero-order chi connectivity index (χ0) is 21.8. The van der Waals surface area contributed by atoms with Crippen molar-refractivity contribution in [2.24, 2.45) is 5.92 Å². The van der Waals surface area contributed by atoms with Gasteiger partial charge in [0.05, 0.1) is 13.0 Å². The lowest BCUT2D eigenvalue weighted by Gasteiger charge is -2.17. The van der Waals surface area contributed by atoms with Crippen LogP contribution < -0.4 is 19.7 Å². The molecule has 1 atom stereocenters. The van der Waals surface area contributed by atoms with Crippen LogP contribution in [0.15, 0.2) is 72.8 Å². The molecule has 1 aliphatic heterocycles. The van der Waals surface area contributed by atoms with Crippen LogP contribution in [-0.2, 0) is 9.59 Å². The number of hydrogen-bond donors (Lipinski definition) is 1. The van der Waals surface area contributed by atoms with Crippen LogP contribution in [-0.4, -0.2) is 25.5 Å². The van der Waals surface area contributed by atoms with Gasteiger partial charge in [0.25, 0.3) is 0 Å². The molecule has 6 heteroatoms. The van der Waals surface area contributed by atoms with Crippen molar-refractivity contribution >= 4 is 23.2 Å². The fourth-order valence-corrected chi connectivity index (χ4v) is 3.50. The largest absolute Gasteiger partial charge is 0.497 e. The monoisotopic (exact) mass is 416 g/mol. The summed E-state index contributed by atoms with van der Waals surface area (Å²) < 4.78 is 11.0. The molecule has 1 saturated heterocycles. The summed E-state index contributed by atoms with van der Waals surface area (Å²) in [6.07, 6.45) is 0.178. The average Bonchev–Trinajstić information content (AvgIpc) is 3.18. The van der Waals surface area contributed by atoms with Gasteiger partial charge in [-0.1, -0.05) is 23.8 Å². The fraction of sp³-hybridized carbons (Fsp3) is 0.200. The van der Waals surface area contributed by atoms with Crippen molar-refractivity contribution in [2.45, 2.75) is 13.3 Å². The Morgan fingerprint density at radius 2 is 1.65 bits per heavy atom. The Morgan fingerprint density at radius 1 is 0.968 bits per heavy atom. The molecule has 0 unspecified atom stereocenters. The van der Waals surface area contributed by atoms with Gasteiger partial charge in [0.15, 0.2) is 0 Å². The predicted octanol–water partition coefficient (Wildman–Crippen LogP) is 4.79. The third-order valence-corrected chi connectivity index (χ3v) is 5.24. The maximum absolute atomic E-state index is 12.7. The number of aryl methyl sites for hydroxylation is 1. The second-order valence-corrected chi connectivity index (χ2v) is 7.54. The summed E-state index contributed by atoms with van der Waals surface area (Å²) in [5, 5.41) is 2.90. The minimum Gasteiger partial charge on any atom is -0.497 e. The number of amides is 2. The molecule has 1 fully saturated rings. The van der Waals surface area contributed by atoms with Crippen LogP contribution in [0.4, 0.5) is 11.4 Å². The van der Waals surface area contributed by atoms with Gasteiger partial charge in [-0.05, 0) is 55.5 Å². The van der Waals surface area contributed by atoms with Gasteiger partial charge < -0.3 is 19.7 Å². The third-order valence-electron chi connectivity index (χ3n) is 5.24. The summed E-state index contributed by atoms with van der Waals surface area (Å²) in [5.41, 5.74) is 2.56. The van der Waals surface area contributed by atoms with Gasteiger partial charge in [0.2, 0.25) is 11.8 Å². The number of benzene rings is 3. The number of anilines is 2. The molecule has 0 aliphatic carbocycles. The first kappa shape index (κ1) is 20.5. The van der Waals surface area contributed by atoms with Crippen molar-refractivity contribution in [1.82, 2.24) is 0 Å². The Balaban J connectivity index is 1.37. The van der Waals surface area contributed by atoms with E-state index in [2.05, 4.69) is 5.32 Å². The lowest BCUT2D eigenvalue weighted by Crippen LogP contribution is -2.28. The number of rotatable bonds is 6. The second-order valence-electron chi connectivity index (χ2n) is 7.54. The minimum absolute atomic E-state index is 0.0738. The van der Waals surface area contributed by atoms with Gasteiger partial charge in [-0.15, -0.1) is 0 Å². The van der Waals surface area contributed by atoms with Crippen molar-refractivity contribution in [3.63, 3.8) is 0 Å². The molecule has 0 saturated carbocycles. The molecule has 1 N–H and O–H groups in total. The van der Waals surface area contributed by atoms with Gasteiger partial charge in [-0.25, -0.2) is 0 Å². The predicted molar refractivity (Wildman–Crippen MR) is 120 cm³/mol. The van der Waals surface area contributed by atoms with Crippen molar-refractivity contribution < 1.29 is 19.1 Å². The molecule has 0 bridgehead atoms. The van der Waals surface area contributed by atoms with E-state index in [9.17, 15) is 9.59 Å². The van der Waals surface area contributed by atoms with E-state index >= 15 is 0 Å². The molecule has 4 rings (SSSR count). The number of ether oxygens (including phenoxy) is 2. The molecule has 158 valence electrons. The highest BCUT2D eigenvalue weighted by Crippen LogP contribution is 2.29. The molecule has 3 aromatic carbocycles. The molecule has 3 aromatic rings. The molecule has 0 radical (unpaired) electrons. The van der Waals surface area contributed by atoms with Gasteiger partial charge in [-0.2, -0.15) is 0 Å². The van der Waals surface area contributed by atoms with Crippen molar-refractivity contribution in [3.05, 3.63) is 78.4 Å². The summed E-state index contributed by atoms with van der Waals surface area (Å²) in [4.78, 5) is 26.8. The van der Waals surface area contributed by atoms with Crippen molar-refractivity contribution in [1.29, 1.82) is 0 Å². The first-order valence-corrected chi connectivity index (χ1v) is 10.1. The van der Waals surface area contributed by atoms with E-state index in [0.717, 1.165) is 11.4 Å². The van der Waals surface area contributed by atoms with Gasteiger partial charge >= 0.3 is 0 Å². The van der Waals surface area contributed by atoms with Crippen LogP contribution in [0.5, 0.6) is 17.2 Å². The summed E-state index contributed by atoms with van der Waals surface area (Å²) in [5.74, 6) is 1.45. The molecule has 31 heavy (non-hydrogen) atoms. The van der Waals surface area contributed by atoms with E-state index < -0.39 is 5.92 Å². The van der Waals surface area contributed by atoms with E-state index in [0.29, 0.717) is 23.7 Å². The zero-order valence-corrected chi connectivity index (χ0v) is 17.5. The Hall–Kier alpha value is -3.80. The number of nitrogens with one attached hydrogen (secondary N) is 1. The highest BCUT2D eigenvalue weighted by atomic mass is 16.5. The summed E-state index contributed by atoms with van der Waals surface area (Å²) in [6, 6.07) is 22.3. The molecule has 1 heterocycles. The number of carbonyl (C=O) groups excluding carboxylic acids is 2. The highest BCUT2D eigenvalue weighted by molar-refractivity contribution is 6.03. The summed E-state index contributed by atoms with van der Waals surface area (Å²) in [7, 11) is 1.58. The molecule has 0 spiro atoms.